The Morgan fingerprint density at radius 3 is 1.44 bits per heavy atom. The molecule has 4 aliphatic heterocycles. The van der Waals surface area contributed by atoms with Gasteiger partial charge in [0.1, 0.15) is 48.9 Å². The number of nitrogens with zero attached hydrogens (tertiary/aromatic N) is 4. The first-order chi connectivity index (χ1) is 16.3. The highest BCUT2D eigenvalue weighted by Crippen LogP contribution is 2.33. The van der Waals surface area contributed by atoms with Crippen LogP contribution in [0.2, 0.25) is 0 Å². The number of piperazine rings is 2. The van der Waals surface area contributed by atoms with Gasteiger partial charge < -0.3 is 18.4 Å². The number of benzene rings is 1. The lowest BCUT2D eigenvalue weighted by Gasteiger charge is -2.54. The van der Waals surface area contributed by atoms with Crippen LogP contribution in [0, 0.1) is 0 Å². The van der Waals surface area contributed by atoms with Crippen LogP contribution in [0.1, 0.15) is 38.5 Å². The van der Waals surface area contributed by atoms with Crippen LogP contribution in [-0.4, -0.2) is 124 Å². The van der Waals surface area contributed by atoms with Gasteiger partial charge in [-0.1, -0.05) is 6.07 Å². The molecule has 1 aromatic rings. The molecule has 4 aliphatic rings. The Hall–Kier alpha value is -1.34. The summed E-state index contributed by atoms with van der Waals surface area (Å²) in [5, 5.41) is 0. The summed E-state index contributed by atoms with van der Waals surface area (Å²) in [6.45, 7) is 8.39. The van der Waals surface area contributed by atoms with E-state index in [1.807, 2.05) is 0 Å². The van der Waals surface area contributed by atoms with Crippen molar-refractivity contribution in [2.75, 3.05) is 80.7 Å². The highest BCUT2D eigenvalue weighted by atomic mass is 16.5. The van der Waals surface area contributed by atoms with Crippen molar-refractivity contribution in [1.82, 2.24) is 9.80 Å². The molecule has 1 aromatic carbocycles. The average molecular weight is 473 g/mol. The second-order valence-electron chi connectivity index (χ2n) is 12.4. The number of likely N-dealkylation sites (N-methyl/N-ethyl adjacent to an activating group) is 2. The van der Waals surface area contributed by atoms with Crippen LogP contribution >= 0.6 is 0 Å². The molecule has 0 radical (unpaired) electrons. The number of likely N-dealkylation sites (tertiary alicyclic amines) is 2. The van der Waals surface area contributed by atoms with E-state index in [9.17, 15) is 0 Å². The molecule has 4 unspecified atom stereocenters. The second kappa shape index (κ2) is 9.96. The van der Waals surface area contributed by atoms with Crippen LogP contribution in [0.15, 0.2) is 24.3 Å². The molecule has 0 saturated carbocycles. The summed E-state index contributed by atoms with van der Waals surface area (Å²) < 4.78 is 14.7. The van der Waals surface area contributed by atoms with Gasteiger partial charge in [-0.2, -0.15) is 0 Å². The Kier molecular flexibility index (Phi) is 7.14. The van der Waals surface area contributed by atoms with E-state index in [0.717, 1.165) is 62.0 Å². The number of rotatable bonds is 8. The minimum Gasteiger partial charge on any atom is -0.492 e. The molecule has 190 valence electrons. The Morgan fingerprint density at radius 1 is 0.676 bits per heavy atom. The van der Waals surface area contributed by atoms with Crippen molar-refractivity contribution in [2.24, 2.45) is 0 Å². The van der Waals surface area contributed by atoms with Crippen molar-refractivity contribution in [3.63, 3.8) is 0 Å². The molecular formula is C28H48N4O2+2. The molecule has 6 heteroatoms. The highest BCUT2D eigenvalue weighted by Gasteiger charge is 2.46. The standard InChI is InChI=1S/C28H48N4O2/c1-31(2)23-8-5-9-24(31)20-29(19-23)14-16-33-27-12-7-13-28(18-27)34-17-15-30-21-25-10-6-11-26(22-30)32(25,3)4/h7,12-13,18,23-26H,5-6,8-11,14-17,19-22H2,1-4H3/q+2. The molecular weight excluding hydrogens is 424 g/mol. The van der Waals surface area contributed by atoms with E-state index in [4.69, 9.17) is 9.47 Å². The lowest BCUT2D eigenvalue weighted by Crippen LogP contribution is -2.68. The maximum atomic E-state index is 6.15. The fourth-order valence-electron chi connectivity index (χ4n) is 7.26. The third-order valence-electron chi connectivity index (χ3n) is 9.95. The lowest BCUT2D eigenvalue weighted by molar-refractivity contribution is -0.948. The maximum absolute atomic E-state index is 6.15. The Balaban J connectivity index is 1.05. The summed E-state index contributed by atoms with van der Waals surface area (Å²) in [6.07, 6.45) is 8.30. The Labute approximate surface area is 207 Å². The number of ether oxygens (including phenoxy) is 2. The molecule has 4 fully saturated rings. The topological polar surface area (TPSA) is 24.9 Å². The van der Waals surface area contributed by atoms with Gasteiger partial charge in [-0.25, -0.2) is 0 Å². The molecule has 4 saturated heterocycles. The van der Waals surface area contributed by atoms with Crippen LogP contribution in [0.4, 0.5) is 0 Å². The van der Waals surface area contributed by atoms with Crippen LogP contribution < -0.4 is 9.47 Å². The molecule has 4 heterocycles. The summed E-state index contributed by atoms with van der Waals surface area (Å²) >= 11 is 0. The molecule has 0 amide bonds. The first-order valence-electron chi connectivity index (χ1n) is 13.8. The van der Waals surface area contributed by atoms with Crippen LogP contribution in [0.25, 0.3) is 0 Å². The van der Waals surface area contributed by atoms with E-state index in [1.165, 1.54) is 73.7 Å². The van der Waals surface area contributed by atoms with E-state index >= 15 is 0 Å². The van der Waals surface area contributed by atoms with Gasteiger partial charge in [-0.15, -0.1) is 0 Å². The zero-order chi connectivity index (χ0) is 23.8. The van der Waals surface area contributed by atoms with Crippen LogP contribution in [0.3, 0.4) is 0 Å². The highest BCUT2D eigenvalue weighted by molar-refractivity contribution is 5.32. The third kappa shape index (κ3) is 5.11. The first kappa shape index (κ1) is 24.4. The van der Waals surface area contributed by atoms with Crippen molar-refractivity contribution in [1.29, 1.82) is 0 Å². The van der Waals surface area contributed by atoms with Crippen molar-refractivity contribution in [3.05, 3.63) is 24.3 Å². The molecule has 4 atom stereocenters. The van der Waals surface area contributed by atoms with E-state index in [1.54, 1.807) is 0 Å². The SMILES string of the molecule is C[N+]1(C)C2CCCC1CN(CCOc1cccc(OCCN3CC4CCCC(C3)[N+]4(C)C)c1)C2. The fraction of sp³-hybridized carbons (Fsp3) is 0.786. The summed E-state index contributed by atoms with van der Waals surface area (Å²) in [5.41, 5.74) is 0. The lowest BCUT2D eigenvalue weighted by atomic mass is 9.89. The average Bonchev–Trinajstić information content (AvgIpc) is 2.75. The minimum absolute atomic E-state index is 0.751. The Morgan fingerprint density at radius 2 is 1.06 bits per heavy atom. The fourth-order valence-corrected chi connectivity index (χ4v) is 7.26. The monoisotopic (exact) mass is 472 g/mol. The summed E-state index contributed by atoms with van der Waals surface area (Å²) in [6, 6.07) is 11.4. The summed E-state index contributed by atoms with van der Waals surface area (Å²) in [5.74, 6) is 1.86. The maximum Gasteiger partial charge on any atom is 0.123 e. The van der Waals surface area contributed by atoms with Crippen LogP contribution in [-0.2, 0) is 0 Å². The Bertz CT molecular complexity index is 733. The number of quaternary nitrogens is 2. The second-order valence-corrected chi connectivity index (χ2v) is 12.4. The van der Waals surface area contributed by atoms with Crippen molar-refractivity contribution < 1.29 is 18.4 Å². The quantitative estimate of drug-likeness (QED) is 0.543. The van der Waals surface area contributed by atoms with Crippen molar-refractivity contribution >= 4 is 0 Å². The number of hydrogen-bond donors (Lipinski definition) is 0. The van der Waals surface area contributed by atoms with Gasteiger partial charge in [-0.05, 0) is 25.0 Å². The van der Waals surface area contributed by atoms with E-state index in [0.29, 0.717) is 0 Å². The molecule has 34 heavy (non-hydrogen) atoms. The third-order valence-corrected chi connectivity index (χ3v) is 9.95. The van der Waals surface area contributed by atoms with E-state index in [2.05, 4.69) is 62.3 Å². The van der Waals surface area contributed by atoms with Crippen molar-refractivity contribution in [2.45, 2.75) is 62.7 Å². The molecule has 0 aromatic heterocycles. The largest absolute Gasteiger partial charge is 0.492 e. The normalized spacial score (nSPS) is 32.8. The van der Waals surface area contributed by atoms with Gasteiger partial charge >= 0.3 is 0 Å². The number of fused-ring (bicyclic) bond motifs is 4. The summed E-state index contributed by atoms with van der Waals surface area (Å²) in [7, 11) is 9.74. The van der Waals surface area contributed by atoms with Gasteiger partial charge in [0.05, 0.1) is 54.4 Å². The minimum atomic E-state index is 0.751. The van der Waals surface area contributed by atoms with Gasteiger partial charge in [0.15, 0.2) is 0 Å². The van der Waals surface area contributed by atoms with Crippen molar-refractivity contribution in [3.8, 4) is 11.5 Å². The zero-order valence-corrected chi connectivity index (χ0v) is 22.1. The summed E-state index contributed by atoms with van der Waals surface area (Å²) in [4.78, 5) is 5.26. The number of piperidine rings is 2. The van der Waals surface area contributed by atoms with Crippen LogP contribution in [0.5, 0.6) is 11.5 Å². The number of hydrogen-bond acceptors (Lipinski definition) is 4. The predicted molar refractivity (Wildman–Crippen MR) is 137 cm³/mol. The van der Waals surface area contributed by atoms with E-state index in [-0.39, 0.29) is 0 Å². The van der Waals surface area contributed by atoms with Gasteiger partial charge in [0.25, 0.3) is 0 Å². The smallest absolute Gasteiger partial charge is 0.123 e. The molecule has 4 bridgehead atoms. The molecule has 0 spiro atoms. The van der Waals surface area contributed by atoms with Gasteiger partial charge in [-0.3, -0.25) is 9.80 Å². The first-order valence-corrected chi connectivity index (χ1v) is 13.8. The molecule has 0 aliphatic carbocycles. The molecule has 5 rings (SSSR count). The molecule has 6 nitrogen and oxygen atoms in total. The van der Waals surface area contributed by atoms with Gasteiger partial charge in [0, 0.05) is 44.8 Å². The van der Waals surface area contributed by atoms with E-state index < -0.39 is 0 Å². The van der Waals surface area contributed by atoms with Gasteiger partial charge in [0.2, 0.25) is 0 Å². The zero-order valence-electron chi connectivity index (χ0n) is 22.1. The predicted octanol–water partition coefficient (Wildman–Crippen LogP) is 3.07. The molecule has 0 N–H and O–H groups in total.